The van der Waals surface area contributed by atoms with Crippen LogP contribution >= 0.6 is 0 Å². The van der Waals surface area contributed by atoms with Gasteiger partial charge >= 0.3 is 0 Å². The van der Waals surface area contributed by atoms with Crippen LogP contribution in [-0.2, 0) is 20.9 Å². The van der Waals surface area contributed by atoms with Crippen LogP contribution < -0.4 is 4.90 Å². The van der Waals surface area contributed by atoms with Crippen LogP contribution in [0.2, 0.25) is 0 Å². The van der Waals surface area contributed by atoms with Crippen molar-refractivity contribution < 1.29 is 14.3 Å². The first-order valence-electron chi connectivity index (χ1n) is 14.2. The van der Waals surface area contributed by atoms with Gasteiger partial charge in [0.15, 0.2) is 5.78 Å². The highest BCUT2D eigenvalue weighted by atomic mass is 16.5. The maximum Gasteiger partial charge on any atom is 0.230 e. The fourth-order valence-corrected chi connectivity index (χ4v) is 5.48. The lowest BCUT2D eigenvalue weighted by molar-refractivity contribution is -0.129. The molecule has 0 bridgehead atoms. The number of hydrogen-bond donors (Lipinski definition) is 0. The molecule has 4 heterocycles. The molecular weight excluding hydrogens is 488 g/mol. The van der Waals surface area contributed by atoms with E-state index in [1.54, 1.807) is 4.90 Å². The summed E-state index contributed by atoms with van der Waals surface area (Å²) in [5.74, 6) is -0.0275. The molecule has 1 amide bonds. The van der Waals surface area contributed by atoms with E-state index < -0.39 is 0 Å². The zero-order valence-corrected chi connectivity index (χ0v) is 24.0. The average Bonchev–Trinajstić information content (AvgIpc) is 3.54. The Morgan fingerprint density at radius 1 is 0.974 bits per heavy atom. The van der Waals surface area contributed by atoms with Gasteiger partial charge in [0.2, 0.25) is 5.91 Å². The normalized spacial score (nSPS) is 16.6. The maximum absolute atomic E-state index is 12.5. The van der Waals surface area contributed by atoms with Crippen molar-refractivity contribution in [3.8, 4) is 11.1 Å². The van der Waals surface area contributed by atoms with Crippen LogP contribution in [0, 0.1) is 6.92 Å². The Balaban J connectivity index is 0.000000845. The highest BCUT2D eigenvalue weighted by Gasteiger charge is 2.42. The van der Waals surface area contributed by atoms with Crippen LogP contribution in [0.15, 0.2) is 54.7 Å². The van der Waals surface area contributed by atoms with E-state index in [-0.39, 0.29) is 24.2 Å². The van der Waals surface area contributed by atoms with E-state index >= 15 is 0 Å². The average molecular weight is 529 g/mol. The Morgan fingerprint density at radius 3 is 2.46 bits per heavy atom. The second-order valence-corrected chi connectivity index (χ2v) is 9.34. The number of amides is 1. The fourth-order valence-electron chi connectivity index (χ4n) is 5.48. The van der Waals surface area contributed by atoms with Crippen LogP contribution in [-0.4, -0.2) is 58.5 Å². The molecule has 2 aromatic carbocycles. The quantitative estimate of drug-likeness (QED) is 0.295. The number of ketones is 1. The molecule has 2 aromatic heterocycles. The summed E-state index contributed by atoms with van der Waals surface area (Å²) in [7, 11) is 0. The third-order valence-corrected chi connectivity index (χ3v) is 7.39. The molecule has 7 nitrogen and oxygen atoms in total. The number of rotatable bonds is 5. The molecule has 1 unspecified atom stereocenters. The van der Waals surface area contributed by atoms with Gasteiger partial charge in [-0.05, 0) is 42.3 Å². The summed E-state index contributed by atoms with van der Waals surface area (Å²) in [6, 6.07) is 16.7. The van der Waals surface area contributed by atoms with Gasteiger partial charge in [-0.1, -0.05) is 64.1 Å². The first-order valence-corrected chi connectivity index (χ1v) is 14.2. The molecule has 0 radical (unpaired) electrons. The van der Waals surface area contributed by atoms with E-state index in [1.165, 1.54) is 10.8 Å². The Morgan fingerprint density at radius 2 is 1.72 bits per heavy atom. The van der Waals surface area contributed by atoms with Crippen molar-refractivity contribution in [3.05, 3.63) is 66.0 Å². The number of Topliss-reactive ketones (excluding diaryl/α,β-unsaturated/α-hetero) is 1. The number of aromatic nitrogens is 2. The summed E-state index contributed by atoms with van der Waals surface area (Å²) in [6.07, 6.45) is 1.95. The molecule has 1 atom stereocenters. The predicted molar refractivity (Wildman–Crippen MR) is 158 cm³/mol. The number of aryl methyl sites for hydroxylation is 1. The maximum atomic E-state index is 12.5. The number of carbonyl (C=O) groups is 2. The number of pyridine rings is 1. The van der Waals surface area contributed by atoms with E-state index in [0.29, 0.717) is 32.8 Å². The summed E-state index contributed by atoms with van der Waals surface area (Å²) in [4.78, 5) is 28.7. The number of piperazine rings is 1. The van der Waals surface area contributed by atoms with E-state index in [1.807, 2.05) is 45.3 Å². The number of fused-ring (bicyclic) bond motifs is 3. The van der Waals surface area contributed by atoms with Crippen LogP contribution in [0.1, 0.15) is 52.3 Å². The molecule has 0 N–H and O–H groups in total. The summed E-state index contributed by atoms with van der Waals surface area (Å²) in [5.41, 5.74) is 6.34. The zero-order chi connectivity index (χ0) is 28.1. The van der Waals surface area contributed by atoms with E-state index in [0.717, 1.165) is 33.6 Å². The highest BCUT2D eigenvalue weighted by molar-refractivity contribution is 6.08. The minimum absolute atomic E-state index is 0.0186. The van der Waals surface area contributed by atoms with Crippen LogP contribution in [0.25, 0.3) is 27.4 Å². The third kappa shape index (κ3) is 5.28. The van der Waals surface area contributed by atoms with Gasteiger partial charge in [0.1, 0.15) is 6.04 Å². The van der Waals surface area contributed by atoms with Gasteiger partial charge in [0.05, 0.1) is 24.7 Å². The predicted octanol–water partition coefficient (Wildman–Crippen LogP) is 6.04. The second-order valence-electron chi connectivity index (χ2n) is 9.34. The molecule has 0 saturated carbocycles. The molecule has 2 fully saturated rings. The first kappa shape index (κ1) is 28.3. The topological polar surface area (TPSA) is 67.2 Å². The molecule has 2 aliphatic heterocycles. The largest absolute Gasteiger partial charge is 0.377 e. The van der Waals surface area contributed by atoms with Gasteiger partial charge in [-0.15, -0.1) is 0 Å². The van der Waals surface area contributed by atoms with Crippen molar-refractivity contribution in [1.82, 2.24) is 14.5 Å². The minimum Gasteiger partial charge on any atom is -0.377 e. The van der Waals surface area contributed by atoms with Gasteiger partial charge in [-0.3, -0.25) is 9.59 Å². The number of ether oxygens (including phenoxy) is 1. The fraction of sp³-hybridized carbons (Fsp3) is 0.406. The van der Waals surface area contributed by atoms with Gasteiger partial charge in [-0.2, -0.15) is 5.10 Å². The SMILES string of the molecule is CC.CC.CCOCc1c(N2CCN3C(=O)CC(=O)C3C2)cc2c(-c3ccc4ccccc4c3)cnn2c1C. The van der Waals surface area contributed by atoms with Crippen molar-refractivity contribution in [3.63, 3.8) is 0 Å². The molecule has 4 aromatic rings. The van der Waals surface area contributed by atoms with Gasteiger partial charge in [0, 0.05) is 48.7 Å². The minimum atomic E-state index is -0.363. The second kappa shape index (κ2) is 12.4. The Hall–Kier alpha value is -3.71. The summed E-state index contributed by atoms with van der Waals surface area (Å²) in [6.45, 7) is 14.9. The smallest absolute Gasteiger partial charge is 0.230 e. The molecule has 206 valence electrons. The number of nitrogens with zero attached hydrogens (tertiary/aromatic N) is 4. The van der Waals surface area contributed by atoms with Crippen molar-refractivity contribution >= 4 is 33.7 Å². The lowest BCUT2D eigenvalue weighted by atomic mass is 10.0. The van der Waals surface area contributed by atoms with E-state index in [4.69, 9.17) is 9.84 Å². The van der Waals surface area contributed by atoms with Gasteiger partial charge in [-0.25, -0.2) is 4.52 Å². The number of hydrogen-bond acceptors (Lipinski definition) is 5. The van der Waals surface area contributed by atoms with Crippen molar-refractivity contribution in [2.45, 2.75) is 60.6 Å². The van der Waals surface area contributed by atoms with Gasteiger partial charge in [0.25, 0.3) is 0 Å². The molecule has 2 saturated heterocycles. The number of benzene rings is 2. The lowest BCUT2D eigenvalue weighted by Gasteiger charge is -2.39. The Bertz CT molecular complexity index is 1480. The summed E-state index contributed by atoms with van der Waals surface area (Å²) < 4.78 is 7.83. The standard InChI is InChI=1S/C28H28N4O3.2C2H6/c1-3-35-17-23-18(2)32-25(13-24(23)30-10-11-31-26(16-30)27(33)14-28(31)34)22(15-29-32)21-9-8-19-6-4-5-7-20(19)12-21;2*1-2/h4-9,12-13,15,26H,3,10-11,14,16-17H2,1-2H3;2*1-2H3. The van der Waals surface area contributed by atoms with Crippen LogP contribution in [0.4, 0.5) is 5.69 Å². The van der Waals surface area contributed by atoms with Crippen molar-refractivity contribution in [2.75, 3.05) is 31.1 Å². The monoisotopic (exact) mass is 528 g/mol. The van der Waals surface area contributed by atoms with E-state index in [9.17, 15) is 9.59 Å². The Kier molecular flexibility index (Phi) is 9.02. The molecule has 0 spiro atoms. The number of carbonyl (C=O) groups excluding carboxylic acids is 2. The first-order chi connectivity index (χ1) is 19.0. The van der Waals surface area contributed by atoms with E-state index in [2.05, 4.69) is 60.4 Å². The van der Waals surface area contributed by atoms with Crippen molar-refractivity contribution in [1.29, 1.82) is 0 Å². The molecule has 6 rings (SSSR count). The molecule has 2 aliphatic rings. The molecule has 0 aliphatic carbocycles. The van der Waals surface area contributed by atoms with Crippen molar-refractivity contribution in [2.24, 2.45) is 0 Å². The summed E-state index contributed by atoms with van der Waals surface area (Å²) in [5, 5.41) is 7.14. The summed E-state index contributed by atoms with van der Waals surface area (Å²) >= 11 is 0. The zero-order valence-electron chi connectivity index (χ0n) is 24.0. The van der Waals surface area contributed by atoms with Crippen LogP contribution in [0.3, 0.4) is 0 Å². The molecule has 39 heavy (non-hydrogen) atoms. The molecular formula is C32H40N4O3. The van der Waals surface area contributed by atoms with Gasteiger partial charge < -0.3 is 14.5 Å². The highest BCUT2D eigenvalue weighted by Crippen LogP contribution is 2.35. The molecule has 7 heteroatoms. The lowest BCUT2D eigenvalue weighted by Crippen LogP contribution is -2.53. The third-order valence-electron chi connectivity index (χ3n) is 7.39. The Labute approximate surface area is 231 Å². The van der Waals surface area contributed by atoms with Crippen LogP contribution in [0.5, 0.6) is 0 Å². The number of anilines is 1.